The van der Waals surface area contributed by atoms with Gasteiger partial charge in [-0.25, -0.2) is 19.5 Å². The fourth-order valence-corrected chi connectivity index (χ4v) is 3.80. The van der Waals surface area contributed by atoms with Gasteiger partial charge in [0.25, 0.3) is 0 Å². The molecule has 0 aliphatic rings. The number of rotatable bonds is 4. The quantitative estimate of drug-likeness (QED) is 0.524. The summed E-state index contributed by atoms with van der Waals surface area (Å²) in [6.07, 6.45) is 3.22. The van der Waals surface area contributed by atoms with Gasteiger partial charge in [-0.3, -0.25) is 0 Å². The third-order valence-electron chi connectivity index (χ3n) is 4.30. The van der Waals surface area contributed by atoms with Crippen molar-refractivity contribution in [2.75, 3.05) is 11.1 Å². The highest BCUT2D eigenvalue weighted by molar-refractivity contribution is 7.13. The summed E-state index contributed by atoms with van der Waals surface area (Å²) in [5.41, 5.74) is 8.99. The van der Waals surface area contributed by atoms with Gasteiger partial charge in [0.2, 0.25) is 0 Å². The van der Waals surface area contributed by atoms with E-state index >= 15 is 0 Å². The Hall–Kier alpha value is -3.22. The number of nitrogens with one attached hydrogen (secondary N) is 1. The standard InChI is InChI=1S/C18H15ClN8S/c1-9(24-17-11(6-20)16(21)22-8-23-17)12-7-27-18(14(19)10(2)26-27)25-15(12)13-4-3-5-28-13/h3-5,7-9H,1-2H3,(H3,21,22,23,24)/t9-/m0/s1. The Morgan fingerprint density at radius 2 is 2.21 bits per heavy atom. The van der Waals surface area contributed by atoms with Crippen LogP contribution in [0.5, 0.6) is 0 Å². The molecule has 0 amide bonds. The van der Waals surface area contributed by atoms with Crippen molar-refractivity contribution < 1.29 is 0 Å². The minimum atomic E-state index is -0.237. The highest BCUT2D eigenvalue weighted by Crippen LogP contribution is 2.34. The molecule has 0 unspecified atom stereocenters. The van der Waals surface area contributed by atoms with E-state index in [9.17, 15) is 5.26 Å². The molecule has 0 aromatic carbocycles. The van der Waals surface area contributed by atoms with Crippen LogP contribution in [0, 0.1) is 18.3 Å². The molecule has 10 heteroatoms. The van der Waals surface area contributed by atoms with Gasteiger partial charge in [-0.1, -0.05) is 17.7 Å². The van der Waals surface area contributed by atoms with E-state index in [0.29, 0.717) is 22.2 Å². The van der Waals surface area contributed by atoms with E-state index in [1.54, 1.807) is 15.9 Å². The maximum Gasteiger partial charge on any atom is 0.174 e. The number of halogens is 1. The SMILES string of the molecule is Cc1nn2cc([C@H](C)Nc3ncnc(N)c3C#N)c(-c3cccs3)nc2c1Cl. The third kappa shape index (κ3) is 3.02. The number of anilines is 2. The van der Waals surface area contributed by atoms with Gasteiger partial charge in [-0.05, 0) is 25.3 Å². The van der Waals surface area contributed by atoms with E-state index < -0.39 is 0 Å². The van der Waals surface area contributed by atoms with Gasteiger partial charge in [0.05, 0.1) is 22.3 Å². The Kier molecular flexibility index (Phi) is 4.58. The normalized spacial score (nSPS) is 12.1. The summed E-state index contributed by atoms with van der Waals surface area (Å²) in [5.74, 6) is 0.503. The largest absolute Gasteiger partial charge is 0.382 e. The second-order valence-electron chi connectivity index (χ2n) is 6.15. The first-order valence-electron chi connectivity index (χ1n) is 8.36. The molecule has 1 atom stereocenters. The molecule has 4 heterocycles. The average Bonchev–Trinajstić information content (AvgIpc) is 3.30. The van der Waals surface area contributed by atoms with Crippen LogP contribution in [-0.2, 0) is 0 Å². The van der Waals surface area contributed by atoms with Crippen LogP contribution in [0.3, 0.4) is 0 Å². The number of hydrogen-bond acceptors (Lipinski definition) is 8. The molecule has 4 aromatic heterocycles. The van der Waals surface area contributed by atoms with Crippen molar-refractivity contribution >= 4 is 40.2 Å². The molecule has 0 fully saturated rings. The smallest absolute Gasteiger partial charge is 0.174 e. The predicted octanol–water partition coefficient (Wildman–Crippen LogP) is 3.84. The van der Waals surface area contributed by atoms with Gasteiger partial charge >= 0.3 is 0 Å². The molecule has 140 valence electrons. The van der Waals surface area contributed by atoms with Crippen molar-refractivity contribution in [3.8, 4) is 16.6 Å². The third-order valence-corrected chi connectivity index (χ3v) is 5.62. The van der Waals surface area contributed by atoms with Crippen LogP contribution in [0.2, 0.25) is 5.02 Å². The molecule has 4 rings (SSSR count). The minimum Gasteiger partial charge on any atom is -0.382 e. The highest BCUT2D eigenvalue weighted by atomic mass is 35.5. The van der Waals surface area contributed by atoms with Crippen LogP contribution in [0.15, 0.2) is 30.0 Å². The molecular formula is C18H15ClN8S. The lowest BCUT2D eigenvalue weighted by Crippen LogP contribution is -2.13. The zero-order valence-electron chi connectivity index (χ0n) is 15.0. The van der Waals surface area contributed by atoms with Crippen molar-refractivity contribution in [1.82, 2.24) is 24.6 Å². The Morgan fingerprint density at radius 1 is 1.39 bits per heavy atom. The second-order valence-corrected chi connectivity index (χ2v) is 7.48. The number of nitriles is 1. The van der Waals surface area contributed by atoms with E-state index in [4.69, 9.17) is 22.3 Å². The van der Waals surface area contributed by atoms with Crippen LogP contribution in [0.4, 0.5) is 11.6 Å². The molecule has 3 N–H and O–H groups in total. The van der Waals surface area contributed by atoms with Gasteiger partial charge in [-0.15, -0.1) is 11.3 Å². The summed E-state index contributed by atoms with van der Waals surface area (Å²) in [4.78, 5) is 13.8. The average molecular weight is 411 g/mol. The van der Waals surface area contributed by atoms with E-state index in [1.165, 1.54) is 6.33 Å². The summed E-state index contributed by atoms with van der Waals surface area (Å²) in [5, 5.41) is 19.6. The van der Waals surface area contributed by atoms with Crippen LogP contribution in [-0.4, -0.2) is 24.6 Å². The number of nitrogen functional groups attached to an aromatic ring is 1. The van der Waals surface area contributed by atoms with Gasteiger partial charge in [0, 0.05) is 11.8 Å². The van der Waals surface area contributed by atoms with Gasteiger partial charge in [0.1, 0.15) is 34.6 Å². The molecule has 4 aromatic rings. The Morgan fingerprint density at radius 3 is 2.93 bits per heavy atom. The van der Waals surface area contributed by atoms with E-state index in [1.807, 2.05) is 43.6 Å². The fraction of sp³-hybridized carbons (Fsp3) is 0.167. The number of aryl methyl sites for hydroxylation is 1. The van der Waals surface area contributed by atoms with Gasteiger partial charge in [0.15, 0.2) is 5.65 Å². The van der Waals surface area contributed by atoms with E-state index in [-0.39, 0.29) is 17.4 Å². The van der Waals surface area contributed by atoms with Crippen LogP contribution < -0.4 is 11.1 Å². The molecule has 0 bridgehead atoms. The first kappa shape index (κ1) is 18.2. The van der Waals surface area contributed by atoms with Crippen LogP contribution in [0.1, 0.15) is 29.8 Å². The molecule has 0 aliphatic heterocycles. The van der Waals surface area contributed by atoms with Gasteiger partial charge < -0.3 is 11.1 Å². The predicted molar refractivity (Wildman–Crippen MR) is 109 cm³/mol. The van der Waals surface area contributed by atoms with E-state index in [2.05, 4.69) is 20.4 Å². The Labute approximate surface area is 169 Å². The summed E-state index contributed by atoms with van der Waals surface area (Å²) in [7, 11) is 0. The first-order chi connectivity index (χ1) is 13.5. The number of hydrogen-bond donors (Lipinski definition) is 2. The molecular weight excluding hydrogens is 396 g/mol. The molecule has 28 heavy (non-hydrogen) atoms. The van der Waals surface area contributed by atoms with Crippen molar-refractivity contribution in [3.63, 3.8) is 0 Å². The zero-order valence-corrected chi connectivity index (χ0v) is 16.6. The number of thiophene rings is 1. The lowest BCUT2D eigenvalue weighted by Gasteiger charge is -2.18. The fourth-order valence-electron chi connectivity index (χ4n) is 2.90. The van der Waals surface area contributed by atoms with Crippen LogP contribution >= 0.6 is 22.9 Å². The number of nitrogens with zero attached hydrogens (tertiary/aromatic N) is 6. The first-order valence-corrected chi connectivity index (χ1v) is 9.61. The second kappa shape index (κ2) is 7.07. The van der Waals surface area contributed by atoms with Crippen molar-refractivity contribution in [2.45, 2.75) is 19.9 Å². The molecule has 0 radical (unpaired) electrons. The molecule has 0 saturated heterocycles. The molecule has 0 saturated carbocycles. The number of aromatic nitrogens is 5. The van der Waals surface area contributed by atoms with Crippen molar-refractivity contribution in [2.24, 2.45) is 0 Å². The maximum absolute atomic E-state index is 9.37. The summed E-state index contributed by atoms with van der Waals surface area (Å²) in [6, 6.07) is 5.77. The summed E-state index contributed by atoms with van der Waals surface area (Å²) < 4.78 is 1.67. The topological polar surface area (TPSA) is 118 Å². The van der Waals surface area contributed by atoms with Crippen molar-refractivity contribution in [3.05, 3.63) is 51.9 Å². The summed E-state index contributed by atoms with van der Waals surface area (Å²) >= 11 is 7.95. The molecule has 0 spiro atoms. The molecule has 8 nitrogen and oxygen atoms in total. The Bertz CT molecular complexity index is 1210. The number of fused-ring (bicyclic) bond motifs is 1. The van der Waals surface area contributed by atoms with E-state index in [0.717, 1.165) is 16.1 Å². The Balaban J connectivity index is 1.84. The summed E-state index contributed by atoms with van der Waals surface area (Å²) in [6.45, 7) is 3.80. The maximum atomic E-state index is 9.37. The van der Waals surface area contributed by atoms with Gasteiger partial charge in [-0.2, -0.15) is 10.4 Å². The monoisotopic (exact) mass is 410 g/mol. The minimum absolute atomic E-state index is 0.133. The van der Waals surface area contributed by atoms with Crippen LogP contribution in [0.25, 0.3) is 16.2 Å². The zero-order chi connectivity index (χ0) is 19.8. The number of nitrogens with two attached hydrogens (primary N) is 1. The molecule has 0 aliphatic carbocycles. The lowest BCUT2D eigenvalue weighted by atomic mass is 10.1. The lowest BCUT2D eigenvalue weighted by molar-refractivity contribution is 0.826. The highest BCUT2D eigenvalue weighted by Gasteiger charge is 2.20. The van der Waals surface area contributed by atoms with Crippen molar-refractivity contribution in [1.29, 1.82) is 5.26 Å².